The molecule has 0 N–H and O–H groups in total. The van der Waals surface area contributed by atoms with Gasteiger partial charge in [-0.2, -0.15) is 0 Å². The lowest BCUT2D eigenvalue weighted by atomic mass is 10.1. The lowest BCUT2D eigenvalue weighted by Gasteiger charge is -2.32. The molecule has 0 saturated carbocycles. The van der Waals surface area contributed by atoms with Gasteiger partial charge in [0.1, 0.15) is 0 Å². The summed E-state index contributed by atoms with van der Waals surface area (Å²) < 4.78 is 10.8. The van der Waals surface area contributed by atoms with Crippen LogP contribution < -0.4 is 0 Å². The molecule has 1 aliphatic heterocycles. The standard InChI is InChI=1S/C15H20ClNO3/c1-11(2)17(9-12-5-3-4-6-13(12)16)15(18)14-10-19-7-8-20-14/h3-6,11,14H,7-10H2,1-2H3/t14-/m1/s1. The van der Waals surface area contributed by atoms with Gasteiger partial charge in [-0.1, -0.05) is 29.8 Å². The Balaban J connectivity index is 2.10. The molecule has 1 atom stereocenters. The quantitative estimate of drug-likeness (QED) is 0.857. The van der Waals surface area contributed by atoms with E-state index < -0.39 is 6.10 Å². The third-order valence-corrected chi connectivity index (χ3v) is 3.67. The topological polar surface area (TPSA) is 38.8 Å². The molecule has 0 radical (unpaired) electrons. The van der Waals surface area contributed by atoms with Gasteiger partial charge in [0.05, 0.1) is 19.8 Å². The highest BCUT2D eigenvalue weighted by Crippen LogP contribution is 2.19. The molecule has 5 heteroatoms. The van der Waals surface area contributed by atoms with Crippen molar-refractivity contribution in [2.24, 2.45) is 0 Å². The van der Waals surface area contributed by atoms with Crippen LogP contribution in [-0.2, 0) is 20.8 Å². The van der Waals surface area contributed by atoms with Crippen LogP contribution in [0.1, 0.15) is 19.4 Å². The first-order chi connectivity index (χ1) is 9.59. The number of benzene rings is 1. The minimum atomic E-state index is -0.506. The van der Waals surface area contributed by atoms with Gasteiger partial charge in [-0.3, -0.25) is 4.79 Å². The van der Waals surface area contributed by atoms with E-state index in [0.717, 1.165) is 5.56 Å². The number of nitrogens with zero attached hydrogens (tertiary/aromatic N) is 1. The third-order valence-electron chi connectivity index (χ3n) is 3.30. The van der Waals surface area contributed by atoms with Crippen molar-refractivity contribution in [1.82, 2.24) is 4.90 Å². The van der Waals surface area contributed by atoms with Crippen LogP contribution >= 0.6 is 11.6 Å². The summed E-state index contributed by atoms with van der Waals surface area (Å²) in [7, 11) is 0. The molecule has 1 heterocycles. The lowest BCUT2D eigenvalue weighted by molar-refractivity contribution is -0.160. The molecule has 1 saturated heterocycles. The van der Waals surface area contributed by atoms with Gasteiger partial charge in [0.2, 0.25) is 0 Å². The summed E-state index contributed by atoms with van der Waals surface area (Å²) in [6.45, 7) is 5.79. The molecule has 1 aromatic carbocycles. The molecule has 110 valence electrons. The van der Waals surface area contributed by atoms with Gasteiger partial charge in [-0.15, -0.1) is 0 Å². The van der Waals surface area contributed by atoms with Crippen molar-refractivity contribution in [1.29, 1.82) is 0 Å². The molecule has 1 aromatic rings. The average Bonchev–Trinajstić information content (AvgIpc) is 2.46. The summed E-state index contributed by atoms with van der Waals surface area (Å²) >= 11 is 6.17. The second kappa shape index (κ2) is 7.07. The van der Waals surface area contributed by atoms with Crippen LogP contribution in [0.5, 0.6) is 0 Å². The van der Waals surface area contributed by atoms with E-state index in [-0.39, 0.29) is 11.9 Å². The Bertz CT molecular complexity index is 458. The van der Waals surface area contributed by atoms with Gasteiger partial charge < -0.3 is 14.4 Å². The van der Waals surface area contributed by atoms with Gasteiger partial charge in [0.25, 0.3) is 5.91 Å². The Labute approximate surface area is 124 Å². The minimum Gasteiger partial charge on any atom is -0.376 e. The molecule has 4 nitrogen and oxygen atoms in total. The maximum atomic E-state index is 12.5. The predicted octanol–water partition coefficient (Wildman–Crippen LogP) is 2.49. The van der Waals surface area contributed by atoms with Gasteiger partial charge in [0.15, 0.2) is 6.10 Å². The summed E-state index contributed by atoms with van der Waals surface area (Å²) in [5, 5.41) is 0.673. The van der Waals surface area contributed by atoms with Crippen LogP contribution in [0.3, 0.4) is 0 Å². The zero-order valence-electron chi connectivity index (χ0n) is 11.8. The van der Waals surface area contributed by atoms with E-state index in [4.69, 9.17) is 21.1 Å². The number of hydrogen-bond donors (Lipinski definition) is 0. The van der Waals surface area contributed by atoms with Crippen LogP contribution in [0.2, 0.25) is 5.02 Å². The minimum absolute atomic E-state index is 0.0420. The average molecular weight is 298 g/mol. The molecule has 0 spiro atoms. The Morgan fingerprint density at radius 2 is 2.15 bits per heavy atom. The van der Waals surface area contributed by atoms with Gasteiger partial charge >= 0.3 is 0 Å². The number of amides is 1. The summed E-state index contributed by atoms with van der Waals surface area (Å²) in [6.07, 6.45) is -0.506. The molecule has 1 aliphatic rings. The normalized spacial score (nSPS) is 19.1. The van der Waals surface area contributed by atoms with Crippen molar-refractivity contribution in [2.45, 2.75) is 32.5 Å². The van der Waals surface area contributed by atoms with E-state index in [9.17, 15) is 4.79 Å². The largest absolute Gasteiger partial charge is 0.376 e. The van der Waals surface area contributed by atoms with Crippen LogP contribution in [-0.4, -0.2) is 42.8 Å². The first kappa shape index (κ1) is 15.3. The third kappa shape index (κ3) is 3.72. The maximum absolute atomic E-state index is 12.5. The molecule has 20 heavy (non-hydrogen) atoms. The number of carbonyl (C=O) groups excluding carboxylic acids is 1. The van der Waals surface area contributed by atoms with Gasteiger partial charge in [0, 0.05) is 17.6 Å². The van der Waals surface area contributed by atoms with E-state index >= 15 is 0 Å². The van der Waals surface area contributed by atoms with E-state index in [1.54, 1.807) is 4.90 Å². The van der Waals surface area contributed by atoms with E-state index in [2.05, 4.69) is 0 Å². The smallest absolute Gasteiger partial charge is 0.254 e. The zero-order chi connectivity index (χ0) is 14.5. The lowest BCUT2D eigenvalue weighted by Crippen LogP contribution is -2.47. The number of carbonyl (C=O) groups is 1. The highest BCUT2D eigenvalue weighted by Gasteiger charge is 2.29. The molecular formula is C15H20ClNO3. The molecule has 1 fully saturated rings. The first-order valence-electron chi connectivity index (χ1n) is 6.83. The van der Waals surface area contributed by atoms with Crippen LogP contribution in [0.25, 0.3) is 0 Å². The van der Waals surface area contributed by atoms with Crippen molar-refractivity contribution >= 4 is 17.5 Å². The maximum Gasteiger partial charge on any atom is 0.254 e. The fourth-order valence-electron chi connectivity index (χ4n) is 2.14. The van der Waals surface area contributed by atoms with E-state index in [1.165, 1.54) is 0 Å². The van der Waals surface area contributed by atoms with Crippen molar-refractivity contribution in [3.05, 3.63) is 34.9 Å². The van der Waals surface area contributed by atoms with Gasteiger partial charge in [-0.25, -0.2) is 0 Å². The van der Waals surface area contributed by atoms with Crippen LogP contribution in [0.4, 0.5) is 0 Å². The second-order valence-corrected chi connectivity index (χ2v) is 5.49. The Morgan fingerprint density at radius 1 is 1.40 bits per heavy atom. The molecule has 1 amide bonds. The molecule has 0 unspecified atom stereocenters. The summed E-state index contributed by atoms with van der Waals surface area (Å²) in [6, 6.07) is 7.64. The number of rotatable bonds is 4. The van der Waals surface area contributed by atoms with Crippen molar-refractivity contribution in [2.75, 3.05) is 19.8 Å². The zero-order valence-corrected chi connectivity index (χ0v) is 12.6. The highest BCUT2D eigenvalue weighted by atomic mass is 35.5. The molecule has 0 aliphatic carbocycles. The first-order valence-corrected chi connectivity index (χ1v) is 7.20. The number of ether oxygens (including phenoxy) is 2. The fourth-order valence-corrected chi connectivity index (χ4v) is 2.34. The molecule has 0 bridgehead atoms. The molecule has 0 aromatic heterocycles. The fraction of sp³-hybridized carbons (Fsp3) is 0.533. The number of halogens is 1. The highest BCUT2D eigenvalue weighted by molar-refractivity contribution is 6.31. The Hall–Kier alpha value is -1.10. The monoisotopic (exact) mass is 297 g/mol. The summed E-state index contributed by atoms with van der Waals surface area (Å²) in [5.41, 5.74) is 0.938. The Morgan fingerprint density at radius 3 is 2.75 bits per heavy atom. The summed E-state index contributed by atoms with van der Waals surface area (Å²) in [4.78, 5) is 14.3. The predicted molar refractivity (Wildman–Crippen MR) is 77.7 cm³/mol. The van der Waals surface area contributed by atoms with Crippen molar-refractivity contribution < 1.29 is 14.3 Å². The van der Waals surface area contributed by atoms with Crippen LogP contribution in [0, 0.1) is 0 Å². The Kier molecular flexibility index (Phi) is 5.40. The van der Waals surface area contributed by atoms with E-state index in [0.29, 0.717) is 31.4 Å². The van der Waals surface area contributed by atoms with Crippen LogP contribution in [0.15, 0.2) is 24.3 Å². The summed E-state index contributed by atoms with van der Waals surface area (Å²) in [5.74, 6) is -0.0420. The molecular weight excluding hydrogens is 278 g/mol. The SMILES string of the molecule is CC(C)N(Cc1ccccc1Cl)C(=O)[C@H]1COCCO1. The van der Waals surface area contributed by atoms with Gasteiger partial charge in [-0.05, 0) is 25.5 Å². The van der Waals surface area contributed by atoms with E-state index in [1.807, 2.05) is 38.1 Å². The second-order valence-electron chi connectivity index (χ2n) is 5.09. The van der Waals surface area contributed by atoms with Crippen molar-refractivity contribution in [3.8, 4) is 0 Å². The number of hydrogen-bond acceptors (Lipinski definition) is 3. The van der Waals surface area contributed by atoms with Crippen molar-refractivity contribution in [3.63, 3.8) is 0 Å². The molecule has 2 rings (SSSR count).